The molecular weight excluding hydrogens is 480 g/mol. The lowest BCUT2D eigenvalue weighted by Crippen LogP contribution is -2.43. The first-order valence-electron chi connectivity index (χ1n) is 10.7. The fourth-order valence-electron chi connectivity index (χ4n) is 3.86. The first kappa shape index (κ1) is 24.0. The number of aromatic nitrogens is 2. The van der Waals surface area contributed by atoms with E-state index in [4.69, 9.17) is 16.3 Å². The van der Waals surface area contributed by atoms with E-state index in [2.05, 4.69) is 10.3 Å². The average Bonchev–Trinajstić information content (AvgIpc) is 3.28. The molecule has 0 spiro atoms. The Bertz CT molecular complexity index is 1350. The number of alkyl carbamates (subject to hydrolysis) is 1. The van der Waals surface area contributed by atoms with Crippen LogP contribution in [-0.4, -0.2) is 52.5 Å². The van der Waals surface area contributed by atoms with E-state index in [1.165, 1.54) is 27.1 Å². The van der Waals surface area contributed by atoms with Gasteiger partial charge in [0.25, 0.3) is 10.0 Å². The van der Waals surface area contributed by atoms with E-state index in [0.717, 1.165) is 0 Å². The molecule has 1 aliphatic rings. The summed E-state index contributed by atoms with van der Waals surface area (Å²) in [6.07, 6.45) is -0.291. The number of hydrogen-bond donors (Lipinski definition) is 1. The molecule has 0 radical (unpaired) electrons. The van der Waals surface area contributed by atoms with Crippen molar-refractivity contribution < 1.29 is 22.7 Å². The van der Waals surface area contributed by atoms with Crippen molar-refractivity contribution in [2.24, 2.45) is 0 Å². The zero-order valence-electron chi connectivity index (χ0n) is 19.0. The smallest absolute Gasteiger partial charge is 0.408 e. The van der Waals surface area contributed by atoms with E-state index in [1.54, 1.807) is 51.1 Å². The maximum Gasteiger partial charge on any atom is 0.408 e. The van der Waals surface area contributed by atoms with Gasteiger partial charge in [-0.25, -0.2) is 22.2 Å². The van der Waals surface area contributed by atoms with Gasteiger partial charge in [0.05, 0.1) is 28.2 Å². The quantitative estimate of drug-likeness (QED) is 0.532. The summed E-state index contributed by atoms with van der Waals surface area (Å²) in [6.45, 7) is 5.58. The maximum absolute atomic E-state index is 13.5. The second-order valence-electron chi connectivity index (χ2n) is 9.00. The summed E-state index contributed by atoms with van der Waals surface area (Å²) in [5.74, 6) is -0.314. The third-order valence-corrected chi connectivity index (χ3v) is 7.26. The predicted molar refractivity (Wildman–Crippen MR) is 127 cm³/mol. The Balaban J connectivity index is 1.65. The predicted octanol–water partition coefficient (Wildman–Crippen LogP) is 3.55. The van der Waals surface area contributed by atoms with E-state index in [-0.39, 0.29) is 22.5 Å². The molecule has 0 saturated carbocycles. The molecule has 180 valence electrons. The number of nitrogens with zero attached hydrogens (tertiary/aromatic N) is 3. The second kappa shape index (κ2) is 8.92. The molecule has 3 aromatic rings. The molecule has 1 saturated heterocycles. The molecule has 2 amide bonds. The first-order chi connectivity index (χ1) is 16.0. The Morgan fingerprint density at radius 2 is 1.91 bits per heavy atom. The monoisotopic (exact) mass is 504 g/mol. The Labute approximate surface area is 202 Å². The van der Waals surface area contributed by atoms with Crippen LogP contribution in [0.3, 0.4) is 0 Å². The number of nitrogens with one attached hydrogen (secondary N) is 1. The summed E-state index contributed by atoms with van der Waals surface area (Å²) < 4.78 is 33.5. The number of benzene rings is 1. The van der Waals surface area contributed by atoms with Gasteiger partial charge in [-0.1, -0.05) is 29.8 Å². The molecule has 1 aromatic carbocycles. The molecule has 11 heteroatoms. The van der Waals surface area contributed by atoms with E-state index in [1.807, 2.05) is 0 Å². The molecule has 0 unspecified atom stereocenters. The van der Waals surface area contributed by atoms with Crippen molar-refractivity contribution in [3.05, 3.63) is 59.4 Å². The molecule has 1 N–H and O–H groups in total. The molecule has 4 rings (SSSR count). The van der Waals surface area contributed by atoms with Gasteiger partial charge < -0.3 is 15.0 Å². The summed E-state index contributed by atoms with van der Waals surface area (Å²) in [5, 5.41) is 2.83. The van der Waals surface area contributed by atoms with Gasteiger partial charge in [0.2, 0.25) is 5.91 Å². The van der Waals surface area contributed by atoms with Crippen molar-refractivity contribution in [1.82, 2.24) is 19.2 Å². The Morgan fingerprint density at radius 3 is 2.59 bits per heavy atom. The summed E-state index contributed by atoms with van der Waals surface area (Å²) in [4.78, 5) is 31.0. The molecule has 34 heavy (non-hydrogen) atoms. The zero-order valence-corrected chi connectivity index (χ0v) is 20.6. The number of rotatable bonds is 5. The summed E-state index contributed by atoms with van der Waals surface area (Å²) in [5.41, 5.74) is 0.433. The number of halogens is 1. The van der Waals surface area contributed by atoms with Crippen LogP contribution in [-0.2, 0) is 26.1 Å². The largest absolute Gasteiger partial charge is 0.444 e. The molecule has 9 nitrogen and oxygen atoms in total. The summed E-state index contributed by atoms with van der Waals surface area (Å²) >= 11 is 6.03. The van der Waals surface area contributed by atoms with Crippen LogP contribution in [0.2, 0.25) is 5.15 Å². The van der Waals surface area contributed by atoms with Crippen LogP contribution in [0.1, 0.15) is 32.9 Å². The van der Waals surface area contributed by atoms with E-state index in [9.17, 15) is 18.0 Å². The van der Waals surface area contributed by atoms with Crippen LogP contribution in [0.4, 0.5) is 4.79 Å². The second-order valence-corrected chi connectivity index (χ2v) is 11.2. The van der Waals surface area contributed by atoms with Crippen molar-refractivity contribution in [3.63, 3.8) is 0 Å². The van der Waals surface area contributed by atoms with Crippen molar-refractivity contribution in [3.8, 4) is 0 Å². The van der Waals surface area contributed by atoms with Crippen molar-refractivity contribution in [2.75, 3.05) is 6.54 Å². The minimum Gasteiger partial charge on any atom is -0.444 e. The van der Waals surface area contributed by atoms with Crippen molar-refractivity contribution in [1.29, 1.82) is 0 Å². The molecule has 1 fully saturated rings. The van der Waals surface area contributed by atoms with Crippen LogP contribution in [0.5, 0.6) is 0 Å². The van der Waals surface area contributed by atoms with Gasteiger partial charge in [-0.15, -0.1) is 0 Å². The lowest BCUT2D eigenvalue weighted by molar-refractivity contribution is -0.130. The number of fused-ring (bicyclic) bond motifs is 1. The highest BCUT2D eigenvalue weighted by Gasteiger charge is 2.35. The maximum atomic E-state index is 13.5. The van der Waals surface area contributed by atoms with Crippen LogP contribution in [0.15, 0.2) is 53.4 Å². The number of carbonyl (C=O) groups excluding carboxylic acids is 2. The van der Waals surface area contributed by atoms with Crippen LogP contribution < -0.4 is 5.32 Å². The van der Waals surface area contributed by atoms with Crippen LogP contribution in [0.25, 0.3) is 11.0 Å². The number of hydrogen-bond acceptors (Lipinski definition) is 6. The Kier molecular flexibility index (Phi) is 6.30. The number of amides is 2. The summed E-state index contributed by atoms with van der Waals surface area (Å²) in [6, 6.07) is 12.0. The topological polar surface area (TPSA) is 111 Å². The Morgan fingerprint density at radius 1 is 1.21 bits per heavy atom. The van der Waals surface area contributed by atoms with Gasteiger partial charge in [0, 0.05) is 6.54 Å². The fraction of sp³-hybridized carbons (Fsp3) is 0.348. The number of pyridine rings is 1. The van der Waals surface area contributed by atoms with Gasteiger partial charge >= 0.3 is 6.09 Å². The molecular formula is C23H25ClN4O5S. The minimum atomic E-state index is -3.97. The highest BCUT2D eigenvalue weighted by atomic mass is 35.5. The van der Waals surface area contributed by atoms with Crippen LogP contribution in [0, 0.1) is 0 Å². The molecule has 0 aliphatic carbocycles. The van der Waals surface area contributed by atoms with Gasteiger partial charge in [-0.2, -0.15) is 0 Å². The van der Waals surface area contributed by atoms with E-state index in [0.29, 0.717) is 29.7 Å². The molecule has 1 atom stereocenters. The van der Waals surface area contributed by atoms with Gasteiger partial charge in [-0.3, -0.25) is 4.79 Å². The molecule has 2 aromatic heterocycles. The average molecular weight is 505 g/mol. The normalized spacial score (nSPS) is 16.8. The SMILES string of the molecule is CC(C)(C)OC(=O)N[C@H]1CCN(Cc2cc3nc(Cl)ccc3n2S(=O)(=O)c2ccccc2)C1=O. The molecule has 0 bridgehead atoms. The number of ether oxygens (including phenoxy) is 1. The third-order valence-electron chi connectivity index (χ3n) is 5.27. The fourth-order valence-corrected chi connectivity index (χ4v) is 5.56. The lowest BCUT2D eigenvalue weighted by atomic mass is 10.2. The first-order valence-corrected chi connectivity index (χ1v) is 12.5. The number of likely N-dealkylation sites (tertiary alicyclic amines) is 1. The van der Waals surface area contributed by atoms with Crippen molar-refractivity contribution in [2.45, 2.75) is 50.3 Å². The lowest BCUT2D eigenvalue weighted by Gasteiger charge is -2.22. The van der Waals surface area contributed by atoms with Crippen molar-refractivity contribution >= 4 is 44.7 Å². The highest BCUT2D eigenvalue weighted by molar-refractivity contribution is 7.90. The van der Waals surface area contributed by atoms with Crippen LogP contribution >= 0.6 is 11.6 Å². The third kappa shape index (κ3) is 4.88. The minimum absolute atomic E-state index is 0.0192. The number of carbonyl (C=O) groups is 2. The zero-order chi connectivity index (χ0) is 24.7. The van der Waals surface area contributed by atoms with Gasteiger partial charge in [0.15, 0.2) is 0 Å². The standard InChI is InChI=1S/C23H25ClN4O5S/c1-23(2,3)33-22(30)26-17-11-12-27(21(17)29)14-15-13-18-19(9-10-20(24)25-18)28(15)34(31,32)16-7-5-4-6-8-16/h4-10,13,17H,11-12,14H2,1-3H3,(H,26,30)/t17-/m0/s1. The molecule has 1 aliphatic heterocycles. The van der Waals surface area contributed by atoms with Gasteiger partial charge in [0.1, 0.15) is 16.8 Å². The van der Waals surface area contributed by atoms with Gasteiger partial charge in [-0.05, 0) is 57.5 Å². The molecule has 3 heterocycles. The highest BCUT2D eigenvalue weighted by Crippen LogP contribution is 2.28. The van der Waals surface area contributed by atoms with E-state index < -0.39 is 27.8 Å². The summed E-state index contributed by atoms with van der Waals surface area (Å²) in [7, 11) is -3.97. The van der Waals surface area contributed by atoms with E-state index >= 15 is 0 Å². The Hall–Kier alpha value is -3.11.